The number of hydrogen-bond donors (Lipinski definition) is 2. The Kier molecular flexibility index (Phi) is 11.6. The van der Waals surface area contributed by atoms with Crippen LogP contribution in [-0.2, 0) is 22.7 Å². The van der Waals surface area contributed by atoms with Gasteiger partial charge >= 0.3 is 71.6 Å². The van der Waals surface area contributed by atoms with Crippen LogP contribution in [0.2, 0.25) is 0 Å². The van der Waals surface area contributed by atoms with Crippen LogP contribution in [-0.4, -0.2) is 83.4 Å². The van der Waals surface area contributed by atoms with E-state index in [-0.39, 0.29) is 0 Å². The largest absolute Gasteiger partial charge is 0.460 e. The topological polar surface area (TPSA) is 58.2 Å². The Bertz CT molecular complexity index is 1350. The van der Waals surface area contributed by atoms with Crippen LogP contribution < -0.4 is 10.6 Å². The van der Waals surface area contributed by atoms with E-state index < -0.39 is 108 Å². The monoisotopic (exact) mass is 828 g/mol. The van der Waals surface area contributed by atoms with E-state index in [1.54, 1.807) is 0 Å². The van der Waals surface area contributed by atoms with Gasteiger partial charge in [0.1, 0.15) is 0 Å². The molecule has 52 heavy (non-hydrogen) atoms. The zero-order valence-electron chi connectivity index (χ0n) is 23.4. The van der Waals surface area contributed by atoms with Crippen molar-refractivity contribution >= 4 is 11.8 Å². The molecule has 4 nitrogen and oxygen atoms in total. The molecule has 302 valence electrons. The smallest absolute Gasteiger partial charge is 0.347 e. The first-order valence-electron chi connectivity index (χ1n) is 12.1. The zero-order valence-corrected chi connectivity index (χ0v) is 23.4. The van der Waals surface area contributed by atoms with Crippen molar-refractivity contribution in [2.24, 2.45) is 0 Å². The van der Waals surface area contributed by atoms with E-state index in [1.807, 2.05) is 0 Å². The minimum absolute atomic E-state index is 0.394. The summed E-state index contributed by atoms with van der Waals surface area (Å²) in [6.07, 6.45) is -15.5. The third-order valence-electron chi connectivity index (χ3n) is 6.37. The molecule has 0 spiro atoms. The number of halogens is 26. The summed E-state index contributed by atoms with van der Waals surface area (Å²) in [7, 11) is 0. The molecule has 0 aliphatic carbocycles. The van der Waals surface area contributed by atoms with Gasteiger partial charge in [-0.25, -0.2) is 0 Å². The van der Waals surface area contributed by atoms with E-state index in [0.717, 1.165) is 0 Å². The third-order valence-corrected chi connectivity index (χ3v) is 6.37. The molecule has 0 aliphatic heterocycles. The van der Waals surface area contributed by atoms with Gasteiger partial charge in [0.15, 0.2) is 0 Å². The molecule has 1 aromatic rings. The third kappa shape index (κ3) is 6.80. The Morgan fingerprint density at radius 1 is 0.346 bits per heavy atom. The highest BCUT2D eigenvalue weighted by atomic mass is 19.4. The highest BCUT2D eigenvalue weighted by Crippen LogP contribution is 2.61. The summed E-state index contributed by atoms with van der Waals surface area (Å²) in [5.41, 5.74) is -1.51. The van der Waals surface area contributed by atoms with Crippen LogP contribution in [0.25, 0.3) is 0 Å². The summed E-state index contributed by atoms with van der Waals surface area (Å²) >= 11 is 0. The first-order chi connectivity index (χ1) is 22.5. The Labute approximate surface area is 267 Å². The van der Waals surface area contributed by atoms with Crippen LogP contribution in [0.5, 0.6) is 0 Å². The lowest BCUT2D eigenvalue weighted by atomic mass is 9.93. The Morgan fingerprint density at radius 3 is 0.731 bits per heavy atom. The molecule has 2 N–H and O–H groups in total. The molecule has 0 fully saturated rings. The number of alkyl halides is 26. The Morgan fingerprint density at radius 2 is 0.538 bits per heavy atom. The lowest BCUT2D eigenvalue weighted by Crippen LogP contribution is -2.71. The van der Waals surface area contributed by atoms with Crippen molar-refractivity contribution in [3.63, 3.8) is 0 Å². The van der Waals surface area contributed by atoms with Crippen molar-refractivity contribution in [1.82, 2.24) is 10.6 Å². The number of carbonyl (C=O) groups excluding carboxylic acids is 2. The first-order valence-corrected chi connectivity index (χ1v) is 12.1. The van der Waals surface area contributed by atoms with Gasteiger partial charge in [0, 0.05) is 13.1 Å². The highest BCUT2D eigenvalue weighted by Gasteiger charge is 2.93. The fourth-order valence-electron chi connectivity index (χ4n) is 3.19. The summed E-state index contributed by atoms with van der Waals surface area (Å²) in [5, 5.41) is 1.25. The van der Waals surface area contributed by atoms with Crippen LogP contribution in [0.3, 0.4) is 0 Å². The van der Waals surface area contributed by atoms with E-state index >= 15 is 0 Å². The van der Waals surface area contributed by atoms with Gasteiger partial charge in [0.05, 0.1) is 0 Å². The van der Waals surface area contributed by atoms with Crippen molar-refractivity contribution in [2.75, 3.05) is 0 Å². The fourth-order valence-corrected chi connectivity index (χ4v) is 3.19. The number of amides is 2. The maximum Gasteiger partial charge on any atom is 0.460 e. The minimum atomic E-state index is -8.33. The molecule has 0 aromatic heterocycles. The van der Waals surface area contributed by atoms with Crippen molar-refractivity contribution in [2.45, 2.75) is 84.7 Å². The molecule has 0 saturated heterocycles. The molecule has 0 radical (unpaired) electrons. The first kappa shape index (κ1) is 46.4. The summed E-state index contributed by atoms with van der Waals surface area (Å²) < 4.78 is 342. The normalized spacial score (nSPS) is 15.4. The molecule has 30 heteroatoms. The van der Waals surface area contributed by atoms with Crippen LogP contribution in [0.15, 0.2) is 24.3 Å². The second kappa shape index (κ2) is 13.0. The predicted molar refractivity (Wildman–Crippen MR) is 112 cm³/mol. The molecular weight excluding hydrogens is 818 g/mol. The van der Waals surface area contributed by atoms with Gasteiger partial charge in [0.25, 0.3) is 11.8 Å². The van der Waals surface area contributed by atoms with E-state index in [0.29, 0.717) is 34.9 Å². The average Bonchev–Trinajstić information content (AvgIpc) is 2.96. The van der Waals surface area contributed by atoms with Crippen molar-refractivity contribution < 1.29 is 124 Å². The summed E-state index contributed by atoms with van der Waals surface area (Å²) in [4.78, 5) is 22.9. The van der Waals surface area contributed by atoms with Gasteiger partial charge in [-0.2, -0.15) is 114 Å². The molecule has 0 atom stereocenters. The summed E-state index contributed by atoms with van der Waals surface area (Å²) in [5.74, 6) is -87.4. The number of benzene rings is 1. The van der Waals surface area contributed by atoms with Crippen molar-refractivity contribution in [3.8, 4) is 0 Å². The van der Waals surface area contributed by atoms with Crippen LogP contribution in [0, 0.1) is 0 Å². The molecule has 1 rings (SSSR count). The van der Waals surface area contributed by atoms with Gasteiger partial charge in [-0.05, 0) is 11.1 Å². The average molecular weight is 828 g/mol. The SMILES string of the molecule is O=C(NCc1ccc(CNC(=O)C(F)(F)C(F)(F)C(F)(F)C(F)(F)C(F)(F)C(F)(F)F)cc1)C(F)(F)C(F)(F)C(F)(F)C(F)(F)C(F)(F)C(F)(F)F. The van der Waals surface area contributed by atoms with E-state index in [4.69, 9.17) is 0 Å². The van der Waals surface area contributed by atoms with Crippen LogP contribution in [0.4, 0.5) is 114 Å². The van der Waals surface area contributed by atoms with Crippen molar-refractivity contribution in [1.29, 1.82) is 0 Å². The van der Waals surface area contributed by atoms with Gasteiger partial charge in [-0.15, -0.1) is 0 Å². The molecule has 0 saturated carbocycles. The fraction of sp³-hybridized carbons (Fsp3) is 0.636. The van der Waals surface area contributed by atoms with E-state index in [2.05, 4.69) is 0 Å². The van der Waals surface area contributed by atoms with Gasteiger partial charge in [0.2, 0.25) is 0 Å². The van der Waals surface area contributed by atoms with E-state index in [1.165, 1.54) is 0 Å². The highest BCUT2D eigenvalue weighted by molar-refractivity contribution is 5.85. The summed E-state index contributed by atoms with van der Waals surface area (Å²) in [6, 6.07) is 1.58. The zero-order chi connectivity index (χ0) is 42.0. The van der Waals surface area contributed by atoms with Crippen molar-refractivity contribution in [3.05, 3.63) is 35.4 Å². The number of carbonyl (C=O) groups is 2. The Balaban J connectivity index is 3.13. The van der Waals surface area contributed by atoms with Gasteiger partial charge in [-0.1, -0.05) is 24.3 Å². The van der Waals surface area contributed by atoms with Crippen LogP contribution in [0.1, 0.15) is 11.1 Å². The molecule has 0 aliphatic rings. The van der Waals surface area contributed by atoms with Crippen LogP contribution >= 0.6 is 0 Å². The number of hydrogen-bond acceptors (Lipinski definition) is 2. The molecule has 1 aromatic carbocycles. The second-order valence-electron chi connectivity index (χ2n) is 9.92. The quantitative estimate of drug-likeness (QED) is 0.185. The lowest BCUT2D eigenvalue weighted by Gasteiger charge is -2.39. The summed E-state index contributed by atoms with van der Waals surface area (Å²) in [6.45, 7) is -3.26. The second-order valence-corrected chi connectivity index (χ2v) is 9.92. The Hall–Kier alpha value is -3.66. The maximum atomic E-state index is 13.8. The van der Waals surface area contributed by atoms with E-state index in [9.17, 15) is 124 Å². The molecule has 2 amide bonds. The predicted octanol–water partition coefficient (Wildman–Crippen LogP) is 8.40. The standard InChI is InChI=1S/C22H10F26N2O2/c23-11(24,13(27,28)15(31,32)17(35,36)19(39,40)21(43,44)45)9(51)49-5-7-1-2-8(4-3-7)6-50-10(52)12(25,26)14(29,30)16(33,34)18(37,38)20(41,42)22(46,47)48/h1-4H,5-6H2,(H,49,51)(H,50,52). The molecule has 0 heterocycles. The lowest BCUT2D eigenvalue weighted by molar-refractivity contribution is -0.436. The maximum absolute atomic E-state index is 13.8. The minimum Gasteiger partial charge on any atom is -0.347 e. The number of rotatable bonds is 14. The molecule has 0 unspecified atom stereocenters. The van der Waals surface area contributed by atoms with Gasteiger partial charge < -0.3 is 10.6 Å². The molecular formula is C22H10F26N2O2. The molecule has 0 bridgehead atoms. The number of nitrogens with one attached hydrogen (secondary N) is 2. The van der Waals surface area contributed by atoms with Gasteiger partial charge in [-0.3, -0.25) is 9.59 Å².